The molecule has 0 aromatic heterocycles. The Bertz CT molecular complexity index is 540. The van der Waals surface area contributed by atoms with Crippen molar-refractivity contribution in [3.8, 4) is 0 Å². The van der Waals surface area contributed by atoms with Gasteiger partial charge in [-0.3, -0.25) is 0 Å². The zero-order chi connectivity index (χ0) is 13.0. The summed E-state index contributed by atoms with van der Waals surface area (Å²) in [5.74, 6) is 0. The third kappa shape index (κ3) is 3.29. The summed E-state index contributed by atoms with van der Waals surface area (Å²) in [7, 11) is 1.93. The van der Waals surface area contributed by atoms with Crippen molar-refractivity contribution in [1.29, 1.82) is 0 Å². The van der Waals surface area contributed by atoms with E-state index in [1.54, 1.807) is 11.8 Å². The molecular formula is C15H16ClNS. The summed E-state index contributed by atoms with van der Waals surface area (Å²) in [6, 6.07) is 14.6. The molecular weight excluding hydrogens is 262 g/mol. The van der Waals surface area contributed by atoms with Gasteiger partial charge >= 0.3 is 0 Å². The molecule has 94 valence electrons. The van der Waals surface area contributed by atoms with Gasteiger partial charge in [0, 0.05) is 16.3 Å². The lowest BCUT2D eigenvalue weighted by Gasteiger charge is -2.08. The number of benzene rings is 2. The molecule has 1 N–H and O–H groups in total. The molecule has 2 rings (SSSR count). The van der Waals surface area contributed by atoms with Crippen LogP contribution in [0.2, 0.25) is 5.02 Å². The Labute approximate surface area is 118 Å². The molecule has 0 radical (unpaired) electrons. The van der Waals surface area contributed by atoms with Crippen LogP contribution < -0.4 is 5.32 Å². The number of hydrogen-bond acceptors (Lipinski definition) is 2. The standard InChI is InChI=1S/C15H16ClNS/c1-11-5-3-4-6-14(11)18-15-8-7-12(10-17-2)9-13(15)16/h3-9,17H,10H2,1-2H3. The summed E-state index contributed by atoms with van der Waals surface area (Å²) in [6.45, 7) is 2.96. The first kappa shape index (κ1) is 13.5. The molecule has 0 saturated carbocycles. The highest BCUT2D eigenvalue weighted by molar-refractivity contribution is 7.99. The largest absolute Gasteiger partial charge is 0.316 e. The van der Waals surface area contributed by atoms with E-state index >= 15 is 0 Å². The minimum atomic E-state index is 0.816. The normalized spacial score (nSPS) is 10.6. The van der Waals surface area contributed by atoms with Crippen LogP contribution in [0.1, 0.15) is 11.1 Å². The van der Waals surface area contributed by atoms with Crippen LogP contribution in [0.25, 0.3) is 0 Å². The number of nitrogens with one attached hydrogen (secondary N) is 1. The Hall–Kier alpha value is -0.960. The third-order valence-electron chi connectivity index (χ3n) is 2.69. The van der Waals surface area contributed by atoms with Crippen LogP contribution in [-0.4, -0.2) is 7.05 Å². The van der Waals surface area contributed by atoms with Gasteiger partial charge in [0.15, 0.2) is 0 Å². The van der Waals surface area contributed by atoms with Gasteiger partial charge in [-0.05, 0) is 43.3 Å². The monoisotopic (exact) mass is 277 g/mol. The predicted octanol–water partition coefficient (Wildman–Crippen LogP) is 4.52. The van der Waals surface area contributed by atoms with E-state index in [0.717, 1.165) is 16.5 Å². The van der Waals surface area contributed by atoms with Gasteiger partial charge in [0.25, 0.3) is 0 Å². The van der Waals surface area contributed by atoms with Crippen molar-refractivity contribution >= 4 is 23.4 Å². The Morgan fingerprint density at radius 3 is 2.56 bits per heavy atom. The molecule has 0 heterocycles. The molecule has 2 aromatic rings. The van der Waals surface area contributed by atoms with Crippen LogP contribution in [0.15, 0.2) is 52.3 Å². The fourth-order valence-corrected chi connectivity index (χ4v) is 2.95. The van der Waals surface area contributed by atoms with Gasteiger partial charge in [0.05, 0.1) is 5.02 Å². The zero-order valence-corrected chi connectivity index (χ0v) is 12.1. The lowest BCUT2D eigenvalue weighted by molar-refractivity contribution is 0.817. The lowest BCUT2D eigenvalue weighted by atomic mass is 10.2. The first-order valence-corrected chi connectivity index (χ1v) is 7.06. The van der Waals surface area contributed by atoms with Crippen LogP contribution in [0.4, 0.5) is 0 Å². The van der Waals surface area contributed by atoms with Gasteiger partial charge in [-0.15, -0.1) is 0 Å². The van der Waals surface area contributed by atoms with E-state index < -0.39 is 0 Å². The molecule has 2 aromatic carbocycles. The summed E-state index contributed by atoms with van der Waals surface area (Å²) in [5, 5.41) is 3.94. The van der Waals surface area contributed by atoms with E-state index in [0.29, 0.717) is 0 Å². The van der Waals surface area contributed by atoms with Gasteiger partial charge in [0.1, 0.15) is 0 Å². The average Bonchev–Trinajstić information content (AvgIpc) is 2.35. The van der Waals surface area contributed by atoms with Crippen molar-refractivity contribution in [3.63, 3.8) is 0 Å². The summed E-state index contributed by atoms with van der Waals surface area (Å²) in [6.07, 6.45) is 0. The van der Waals surface area contributed by atoms with Crippen LogP contribution in [-0.2, 0) is 6.54 Å². The van der Waals surface area contributed by atoms with Crippen molar-refractivity contribution in [2.45, 2.75) is 23.3 Å². The fourth-order valence-electron chi connectivity index (χ4n) is 1.73. The van der Waals surface area contributed by atoms with Crippen molar-refractivity contribution in [3.05, 3.63) is 58.6 Å². The van der Waals surface area contributed by atoms with Crippen molar-refractivity contribution < 1.29 is 0 Å². The first-order chi connectivity index (χ1) is 8.70. The van der Waals surface area contributed by atoms with Gasteiger partial charge in [0.2, 0.25) is 0 Å². The Balaban J connectivity index is 2.22. The molecule has 3 heteroatoms. The second kappa shape index (κ2) is 6.28. The second-order valence-electron chi connectivity index (χ2n) is 4.16. The molecule has 0 aliphatic carbocycles. The Morgan fingerprint density at radius 2 is 1.89 bits per heavy atom. The summed E-state index contributed by atoms with van der Waals surface area (Å²) >= 11 is 8.03. The Kier molecular flexibility index (Phi) is 4.70. The van der Waals surface area contributed by atoms with E-state index in [4.69, 9.17) is 11.6 Å². The lowest BCUT2D eigenvalue weighted by Crippen LogP contribution is -2.04. The van der Waals surface area contributed by atoms with E-state index in [1.165, 1.54) is 16.0 Å². The highest BCUT2D eigenvalue weighted by atomic mass is 35.5. The molecule has 1 nitrogen and oxygen atoms in total. The summed E-state index contributed by atoms with van der Waals surface area (Å²) in [5.41, 5.74) is 2.48. The van der Waals surface area contributed by atoms with Crippen LogP contribution in [0.3, 0.4) is 0 Å². The maximum atomic E-state index is 6.32. The number of aryl methyl sites for hydroxylation is 1. The third-order valence-corrected chi connectivity index (χ3v) is 4.37. The number of rotatable bonds is 4. The Morgan fingerprint density at radius 1 is 1.11 bits per heavy atom. The quantitative estimate of drug-likeness (QED) is 0.882. The predicted molar refractivity (Wildman–Crippen MR) is 79.5 cm³/mol. The first-order valence-electron chi connectivity index (χ1n) is 5.87. The minimum Gasteiger partial charge on any atom is -0.316 e. The summed E-state index contributed by atoms with van der Waals surface area (Å²) in [4.78, 5) is 2.35. The van der Waals surface area contributed by atoms with E-state index in [1.807, 2.05) is 13.1 Å². The van der Waals surface area contributed by atoms with Gasteiger partial charge in [-0.1, -0.05) is 47.6 Å². The average molecular weight is 278 g/mol. The van der Waals surface area contributed by atoms with Crippen LogP contribution in [0.5, 0.6) is 0 Å². The van der Waals surface area contributed by atoms with Crippen molar-refractivity contribution in [2.24, 2.45) is 0 Å². The second-order valence-corrected chi connectivity index (χ2v) is 5.65. The summed E-state index contributed by atoms with van der Waals surface area (Å²) < 4.78 is 0. The van der Waals surface area contributed by atoms with E-state index in [-0.39, 0.29) is 0 Å². The molecule has 0 spiro atoms. The molecule has 0 bridgehead atoms. The smallest absolute Gasteiger partial charge is 0.0548 e. The topological polar surface area (TPSA) is 12.0 Å². The number of halogens is 1. The molecule has 0 saturated heterocycles. The molecule has 0 unspecified atom stereocenters. The zero-order valence-electron chi connectivity index (χ0n) is 10.5. The molecule has 0 amide bonds. The molecule has 0 aliphatic heterocycles. The minimum absolute atomic E-state index is 0.816. The van der Waals surface area contributed by atoms with Crippen LogP contribution >= 0.6 is 23.4 Å². The molecule has 0 atom stereocenters. The molecule has 0 fully saturated rings. The van der Waals surface area contributed by atoms with E-state index in [2.05, 4.69) is 48.6 Å². The maximum Gasteiger partial charge on any atom is 0.0548 e. The van der Waals surface area contributed by atoms with E-state index in [9.17, 15) is 0 Å². The highest BCUT2D eigenvalue weighted by Crippen LogP contribution is 2.35. The van der Waals surface area contributed by atoms with Crippen molar-refractivity contribution in [2.75, 3.05) is 7.05 Å². The SMILES string of the molecule is CNCc1ccc(Sc2ccccc2C)c(Cl)c1. The molecule has 0 aliphatic rings. The van der Waals surface area contributed by atoms with Gasteiger partial charge in [-0.2, -0.15) is 0 Å². The van der Waals surface area contributed by atoms with Crippen molar-refractivity contribution in [1.82, 2.24) is 5.32 Å². The highest BCUT2D eigenvalue weighted by Gasteiger charge is 2.05. The fraction of sp³-hybridized carbons (Fsp3) is 0.200. The number of hydrogen-bond donors (Lipinski definition) is 1. The van der Waals surface area contributed by atoms with Gasteiger partial charge in [-0.25, -0.2) is 0 Å². The maximum absolute atomic E-state index is 6.32. The molecule has 18 heavy (non-hydrogen) atoms. The van der Waals surface area contributed by atoms with Gasteiger partial charge < -0.3 is 5.32 Å². The van der Waals surface area contributed by atoms with Crippen LogP contribution in [0, 0.1) is 6.92 Å².